The predicted octanol–water partition coefficient (Wildman–Crippen LogP) is 1.41. The number of hydrogen-bond acceptors (Lipinski definition) is 4. The highest BCUT2D eigenvalue weighted by Crippen LogP contribution is 2.20. The Bertz CT molecular complexity index is 419. The number of thiophene rings is 1. The highest BCUT2D eigenvalue weighted by molar-refractivity contribution is 9.11. The number of piperidine rings is 1. The average molecular weight is 303 g/mol. The van der Waals surface area contributed by atoms with Gasteiger partial charge in [-0.05, 0) is 39.4 Å². The van der Waals surface area contributed by atoms with E-state index in [0.29, 0.717) is 19.4 Å². The van der Waals surface area contributed by atoms with Crippen molar-refractivity contribution >= 4 is 39.1 Å². The zero-order valence-electron chi connectivity index (χ0n) is 8.46. The Morgan fingerprint density at radius 2 is 2.38 bits per heavy atom. The van der Waals surface area contributed by atoms with E-state index in [9.17, 15) is 9.59 Å². The third kappa shape index (κ3) is 2.90. The van der Waals surface area contributed by atoms with Crippen LogP contribution in [0.15, 0.2) is 15.2 Å². The van der Waals surface area contributed by atoms with Gasteiger partial charge in [-0.2, -0.15) is 0 Å². The van der Waals surface area contributed by atoms with E-state index in [1.54, 1.807) is 11.3 Å². The monoisotopic (exact) mass is 302 g/mol. The molecular weight excluding hydrogens is 292 g/mol. The summed E-state index contributed by atoms with van der Waals surface area (Å²) in [6, 6.07) is 1.76. The summed E-state index contributed by atoms with van der Waals surface area (Å²) in [7, 11) is 0. The molecule has 1 aromatic heterocycles. The summed E-state index contributed by atoms with van der Waals surface area (Å²) in [5.41, 5.74) is 1.14. The Balaban J connectivity index is 1.86. The molecule has 0 bridgehead atoms. The van der Waals surface area contributed by atoms with Crippen molar-refractivity contribution in [2.24, 2.45) is 0 Å². The van der Waals surface area contributed by atoms with Crippen LogP contribution in [0.5, 0.6) is 0 Å². The molecule has 0 spiro atoms. The molecule has 0 aliphatic carbocycles. The SMILES string of the molecule is O=C1CCC(NCc2csc(Br)c2)C(=O)N1. The van der Waals surface area contributed by atoms with Gasteiger partial charge in [0.2, 0.25) is 11.8 Å². The Labute approximate surface area is 106 Å². The second-order valence-electron chi connectivity index (χ2n) is 3.64. The molecule has 0 radical (unpaired) electrons. The fourth-order valence-corrected chi connectivity index (χ4v) is 2.78. The van der Waals surface area contributed by atoms with Crippen LogP contribution in [0.4, 0.5) is 0 Å². The molecular formula is C10H11BrN2O2S. The summed E-state index contributed by atoms with van der Waals surface area (Å²) in [5.74, 6) is -0.396. The number of nitrogens with one attached hydrogen (secondary N) is 2. The summed E-state index contributed by atoms with van der Waals surface area (Å²) in [4.78, 5) is 22.4. The van der Waals surface area contributed by atoms with Gasteiger partial charge in [0.1, 0.15) is 0 Å². The number of rotatable bonds is 3. The van der Waals surface area contributed by atoms with Crippen molar-refractivity contribution in [3.63, 3.8) is 0 Å². The van der Waals surface area contributed by atoms with Crippen molar-refractivity contribution in [3.8, 4) is 0 Å². The van der Waals surface area contributed by atoms with Gasteiger partial charge in [0, 0.05) is 13.0 Å². The Morgan fingerprint density at radius 3 is 3.00 bits per heavy atom. The number of carbonyl (C=O) groups is 2. The van der Waals surface area contributed by atoms with Crippen LogP contribution in [0.2, 0.25) is 0 Å². The lowest BCUT2D eigenvalue weighted by Gasteiger charge is -2.21. The molecule has 1 atom stereocenters. The Hall–Kier alpha value is -0.720. The van der Waals surface area contributed by atoms with Crippen LogP contribution in [-0.2, 0) is 16.1 Å². The number of carbonyl (C=O) groups excluding carboxylic acids is 2. The molecule has 1 aliphatic heterocycles. The maximum Gasteiger partial charge on any atom is 0.243 e. The first-order valence-electron chi connectivity index (χ1n) is 4.95. The van der Waals surface area contributed by atoms with Crippen molar-refractivity contribution in [3.05, 3.63) is 20.8 Å². The smallest absolute Gasteiger partial charge is 0.243 e. The number of hydrogen-bond donors (Lipinski definition) is 2. The molecule has 2 rings (SSSR count). The van der Waals surface area contributed by atoms with Gasteiger partial charge < -0.3 is 5.32 Å². The average Bonchev–Trinajstić information content (AvgIpc) is 2.63. The van der Waals surface area contributed by atoms with Crippen LogP contribution in [0.25, 0.3) is 0 Å². The maximum absolute atomic E-state index is 11.4. The Kier molecular flexibility index (Phi) is 3.73. The van der Waals surface area contributed by atoms with Crippen LogP contribution in [0.1, 0.15) is 18.4 Å². The molecule has 1 saturated heterocycles. The third-order valence-corrected chi connectivity index (χ3v) is 3.97. The molecule has 2 amide bonds. The van der Waals surface area contributed by atoms with Crippen LogP contribution in [0, 0.1) is 0 Å². The van der Waals surface area contributed by atoms with E-state index in [-0.39, 0.29) is 17.9 Å². The normalized spacial score (nSPS) is 20.9. The first-order chi connectivity index (χ1) is 7.65. The first-order valence-corrected chi connectivity index (χ1v) is 6.62. The van der Waals surface area contributed by atoms with Crippen molar-refractivity contribution in [1.29, 1.82) is 0 Å². The highest BCUT2D eigenvalue weighted by Gasteiger charge is 2.25. The Morgan fingerprint density at radius 1 is 1.56 bits per heavy atom. The minimum absolute atomic E-state index is 0.179. The molecule has 0 aromatic carbocycles. The molecule has 86 valence electrons. The molecule has 1 fully saturated rings. The van der Waals surface area contributed by atoms with Crippen molar-refractivity contribution < 1.29 is 9.59 Å². The van der Waals surface area contributed by atoms with E-state index in [0.717, 1.165) is 9.35 Å². The third-order valence-electron chi connectivity index (χ3n) is 2.41. The lowest BCUT2D eigenvalue weighted by molar-refractivity contribution is -0.134. The molecule has 1 unspecified atom stereocenters. The molecule has 16 heavy (non-hydrogen) atoms. The maximum atomic E-state index is 11.4. The van der Waals surface area contributed by atoms with Gasteiger partial charge >= 0.3 is 0 Å². The van der Waals surface area contributed by atoms with Gasteiger partial charge in [0.25, 0.3) is 0 Å². The topological polar surface area (TPSA) is 58.2 Å². The fourth-order valence-electron chi connectivity index (χ4n) is 1.57. The van der Waals surface area contributed by atoms with Gasteiger partial charge in [-0.1, -0.05) is 0 Å². The van der Waals surface area contributed by atoms with Gasteiger partial charge in [-0.15, -0.1) is 11.3 Å². The molecule has 0 saturated carbocycles. The van der Waals surface area contributed by atoms with Crippen LogP contribution < -0.4 is 10.6 Å². The largest absolute Gasteiger partial charge is 0.302 e. The summed E-state index contributed by atoms with van der Waals surface area (Å²) in [6.07, 6.45) is 0.993. The van der Waals surface area contributed by atoms with Gasteiger partial charge in [0.15, 0.2) is 0 Å². The number of imide groups is 1. The predicted molar refractivity (Wildman–Crippen MR) is 65.0 cm³/mol. The van der Waals surface area contributed by atoms with E-state index >= 15 is 0 Å². The van der Waals surface area contributed by atoms with Gasteiger partial charge in [0.05, 0.1) is 9.83 Å². The minimum Gasteiger partial charge on any atom is -0.302 e. The van der Waals surface area contributed by atoms with E-state index in [4.69, 9.17) is 0 Å². The highest BCUT2D eigenvalue weighted by atomic mass is 79.9. The van der Waals surface area contributed by atoms with E-state index in [2.05, 4.69) is 26.6 Å². The fraction of sp³-hybridized carbons (Fsp3) is 0.400. The zero-order valence-corrected chi connectivity index (χ0v) is 10.9. The van der Waals surface area contributed by atoms with E-state index < -0.39 is 0 Å². The summed E-state index contributed by atoms with van der Waals surface area (Å²) in [5, 5.41) is 7.50. The number of amides is 2. The molecule has 2 N–H and O–H groups in total. The van der Waals surface area contributed by atoms with Crippen molar-refractivity contribution in [2.45, 2.75) is 25.4 Å². The summed E-state index contributed by atoms with van der Waals surface area (Å²) >= 11 is 5.00. The van der Waals surface area contributed by atoms with Gasteiger partial charge in [-0.3, -0.25) is 14.9 Å². The van der Waals surface area contributed by atoms with Crippen LogP contribution in [-0.4, -0.2) is 17.9 Å². The zero-order chi connectivity index (χ0) is 11.5. The molecule has 2 heterocycles. The lowest BCUT2D eigenvalue weighted by Crippen LogP contribution is -2.50. The van der Waals surface area contributed by atoms with Crippen molar-refractivity contribution in [2.75, 3.05) is 0 Å². The minimum atomic E-state index is -0.253. The van der Waals surface area contributed by atoms with E-state index in [1.807, 2.05) is 11.4 Å². The van der Waals surface area contributed by atoms with Gasteiger partial charge in [-0.25, -0.2) is 0 Å². The lowest BCUT2D eigenvalue weighted by atomic mass is 10.1. The second kappa shape index (κ2) is 5.07. The molecule has 6 heteroatoms. The van der Waals surface area contributed by atoms with Crippen LogP contribution in [0.3, 0.4) is 0 Å². The standard InChI is InChI=1S/C10H11BrN2O2S/c11-8-3-6(5-16-8)4-12-7-1-2-9(14)13-10(7)15/h3,5,7,12H,1-2,4H2,(H,13,14,15). The molecule has 1 aromatic rings. The number of halogens is 1. The summed E-state index contributed by atoms with van der Waals surface area (Å²) < 4.78 is 1.08. The molecule has 4 nitrogen and oxygen atoms in total. The van der Waals surface area contributed by atoms with E-state index in [1.165, 1.54) is 0 Å². The van der Waals surface area contributed by atoms with Crippen molar-refractivity contribution in [1.82, 2.24) is 10.6 Å². The second-order valence-corrected chi connectivity index (χ2v) is 5.93. The molecule has 1 aliphatic rings. The quantitative estimate of drug-likeness (QED) is 0.830. The first kappa shape index (κ1) is 11.8. The van der Waals surface area contributed by atoms with Crippen LogP contribution >= 0.6 is 27.3 Å². The summed E-state index contributed by atoms with van der Waals surface area (Å²) in [6.45, 7) is 0.647.